The van der Waals surface area contributed by atoms with Gasteiger partial charge in [-0.15, -0.1) is 0 Å². The van der Waals surface area contributed by atoms with E-state index in [1.54, 1.807) is 7.11 Å². The Labute approximate surface area is 106 Å². The Morgan fingerprint density at radius 2 is 2.18 bits per heavy atom. The molecule has 0 aromatic heterocycles. The number of hydrogen-bond donors (Lipinski definition) is 1. The zero-order valence-electron chi connectivity index (χ0n) is 11.7. The summed E-state index contributed by atoms with van der Waals surface area (Å²) in [5.41, 5.74) is 0. The van der Waals surface area contributed by atoms with Crippen molar-refractivity contribution in [3.8, 4) is 0 Å². The van der Waals surface area contributed by atoms with E-state index in [-0.39, 0.29) is 0 Å². The predicted octanol–water partition coefficient (Wildman–Crippen LogP) is 0.639. The van der Waals surface area contributed by atoms with Crippen LogP contribution in [0.4, 0.5) is 0 Å². The third kappa shape index (κ3) is 6.36. The highest BCUT2D eigenvalue weighted by Crippen LogP contribution is 2.16. The van der Waals surface area contributed by atoms with Crippen LogP contribution in [0.1, 0.15) is 19.3 Å². The van der Waals surface area contributed by atoms with Gasteiger partial charge in [-0.1, -0.05) is 0 Å². The minimum absolute atomic E-state index is 0.769. The summed E-state index contributed by atoms with van der Waals surface area (Å²) < 4.78 is 5.03. The monoisotopic (exact) mass is 243 g/mol. The summed E-state index contributed by atoms with van der Waals surface area (Å²) >= 11 is 0. The van der Waals surface area contributed by atoms with Crippen molar-refractivity contribution in [2.45, 2.75) is 25.3 Å². The smallest absolute Gasteiger partial charge is 0.0474 e. The van der Waals surface area contributed by atoms with Crippen molar-refractivity contribution < 1.29 is 4.74 Å². The second-order valence-corrected chi connectivity index (χ2v) is 5.19. The summed E-state index contributed by atoms with van der Waals surface area (Å²) in [5.74, 6) is 0. The molecule has 0 aliphatic carbocycles. The Balaban J connectivity index is 2.05. The number of rotatable bonds is 9. The van der Waals surface area contributed by atoms with Gasteiger partial charge in [0.1, 0.15) is 0 Å². The van der Waals surface area contributed by atoms with Crippen LogP contribution in [0.15, 0.2) is 0 Å². The lowest BCUT2D eigenvalue weighted by Gasteiger charge is -2.27. The number of hydrogen-bond acceptors (Lipinski definition) is 4. The zero-order chi connectivity index (χ0) is 12.5. The first-order valence-electron chi connectivity index (χ1n) is 6.82. The lowest BCUT2D eigenvalue weighted by Crippen LogP contribution is -2.41. The van der Waals surface area contributed by atoms with Crippen LogP contribution in [0, 0.1) is 0 Å². The molecular formula is C13H29N3O. The maximum Gasteiger partial charge on any atom is 0.0474 e. The van der Waals surface area contributed by atoms with Crippen molar-refractivity contribution in [1.82, 2.24) is 15.1 Å². The second kappa shape index (κ2) is 8.86. The van der Waals surface area contributed by atoms with Gasteiger partial charge < -0.3 is 15.0 Å². The van der Waals surface area contributed by atoms with Crippen LogP contribution in [0.3, 0.4) is 0 Å². The number of methoxy groups -OCH3 is 1. The molecule has 0 radical (unpaired) electrons. The quantitative estimate of drug-likeness (QED) is 0.602. The molecule has 0 aromatic rings. The highest BCUT2D eigenvalue weighted by Gasteiger charge is 2.23. The molecule has 1 fully saturated rings. The molecule has 17 heavy (non-hydrogen) atoms. The van der Waals surface area contributed by atoms with Gasteiger partial charge in [0.2, 0.25) is 0 Å². The molecular weight excluding hydrogens is 214 g/mol. The van der Waals surface area contributed by atoms with E-state index in [0.29, 0.717) is 0 Å². The summed E-state index contributed by atoms with van der Waals surface area (Å²) in [6.07, 6.45) is 3.83. The Bertz CT molecular complexity index is 188. The first-order chi connectivity index (χ1) is 8.24. The van der Waals surface area contributed by atoms with Crippen molar-refractivity contribution in [1.29, 1.82) is 0 Å². The van der Waals surface area contributed by atoms with Gasteiger partial charge in [-0.05, 0) is 46.4 Å². The van der Waals surface area contributed by atoms with Gasteiger partial charge >= 0.3 is 0 Å². The Kier molecular flexibility index (Phi) is 7.77. The lowest BCUT2D eigenvalue weighted by molar-refractivity contribution is 0.190. The van der Waals surface area contributed by atoms with Crippen molar-refractivity contribution in [2.75, 3.05) is 60.5 Å². The minimum Gasteiger partial charge on any atom is -0.385 e. The number of likely N-dealkylation sites (N-methyl/N-ethyl adjacent to an activating group) is 1. The van der Waals surface area contributed by atoms with Crippen molar-refractivity contribution >= 4 is 0 Å². The van der Waals surface area contributed by atoms with Crippen molar-refractivity contribution in [3.05, 3.63) is 0 Å². The van der Waals surface area contributed by atoms with E-state index >= 15 is 0 Å². The fourth-order valence-electron chi connectivity index (χ4n) is 2.51. The number of nitrogens with zero attached hydrogens (tertiary/aromatic N) is 2. The standard InChI is InChI=1S/C13H29N3O/c1-15(2)12-13-6-4-9-16(13)10-8-14-7-5-11-17-3/h13-14H,4-12H2,1-3H3. The molecule has 0 amide bonds. The Hall–Kier alpha value is -0.160. The molecule has 1 N–H and O–H groups in total. The summed E-state index contributed by atoms with van der Waals surface area (Å²) in [4.78, 5) is 4.93. The first kappa shape index (κ1) is 14.9. The van der Waals surface area contributed by atoms with Gasteiger partial charge in [0, 0.05) is 39.4 Å². The van der Waals surface area contributed by atoms with Crippen LogP contribution in [0.25, 0.3) is 0 Å². The molecule has 102 valence electrons. The maximum atomic E-state index is 5.03. The molecule has 0 spiro atoms. The van der Waals surface area contributed by atoms with Gasteiger partial charge in [0.15, 0.2) is 0 Å². The van der Waals surface area contributed by atoms with E-state index in [4.69, 9.17) is 4.74 Å². The molecule has 1 saturated heterocycles. The van der Waals surface area contributed by atoms with Gasteiger partial charge in [-0.3, -0.25) is 4.90 Å². The third-order valence-corrected chi connectivity index (χ3v) is 3.35. The van der Waals surface area contributed by atoms with E-state index in [1.807, 2.05) is 0 Å². The first-order valence-corrected chi connectivity index (χ1v) is 6.82. The Morgan fingerprint density at radius 3 is 2.88 bits per heavy atom. The average Bonchev–Trinajstić information content (AvgIpc) is 2.70. The highest BCUT2D eigenvalue weighted by molar-refractivity contribution is 4.81. The van der Waals surface area contributed by atoms with E-state index < -0.39 is 0 Å². The van der Waals surface area contributed by atoms with Crippen LogP contribution >= 0.6 is 0 Å². The normalized spacial score (nSPS) is 21.5. The second-order valence-electron chi connectivity index (χ2n) is 5.19. The lowest BCUT2D eigenvalue weighted by atomic mass is 10.2. The molecule has 1 aliphatic rings. The minimum atomic E-state index is 0.769. The molecule has 1 rings (SSSR count). The van der Waals surface area contributed by atoms with Gasteiger partial charge in [-0.25, -0.2) is 0 Å². The van der Waals surface area contributed by atoms with Crippen LogP contribution in [-0.2, 0) is 4.74 Å². The number of ether oxygens (including phenoxy) is 1. The fourth-order valence-corrected chi connectivity index (χ4v) is 2.51. The van der Waals surface area contributed by atoms with E-state index in [1.165, 1.54) is 32.5 Å². The third-order valence-electron chi connectivity index (χ3n) is 3.35. The van der Waals surface area contributed by atoms with E-state index in [2.05, 4.69) is 29.2 Å². The molecule has 1 aliphatic heterocycles. The van der Waals surface area contributed by atoms with Crippen LogP contribution in [0.5, 0.6) is 0 Å². The molecule has 0 aromatic carbocycles. The van der Waals surface area contributed by atoms with Gasteiger partial charge in [-0.2, -0.15) is 0 Å². The SMILES string of the molecule is COCCCNCCN1CCCC1CN(C)C. The predicted molar refractivity (Wildman–Crippen MR) is 72.5 cm³/mol. The number of likely N-dealkylation sites (tertiary alicyclic amines) is 1. The molecule has 0 saturated carbocycles. The maximum absolute atomic E-state index is 5.03. The van der Waals surface area contributed by atoms with Crippen LogP contribution in [0.2, 0.25) is 0 Å². The number of nitrogens with one attached hydrogen (secondary N) is 1. The average molecular weight is 243 g/mol. The fraction of sp³-hybridized carbons (Fsp3) is 1.00. The summed E-state index contributed by atoms with van der Waals surface area (Å²) in [6, 6.07) is 0.769. The van der Waals surface area contributed by atoms with E-state index in [9.17, 15) is 0 Å². The summed E-state index contributed by atoms with van der Waals surface area (Å²) in [5, 5.41) is 3.49. The highest BCUT2D eigenvalue weighted by atomic mass is 16.5. The summed E-state index contributed by atoms with van der Waals surface area (Å²) in [7, 11) is 6.09. The van der Waals surface area contributed by atoms with Crippen LogP contribution in [-0.4, -0.2) is 76.4 Å². The largest absolute Gasteiger partial charge is 0.385 e. The molecule has 4 nitrogen and oxygen atoms in total. The molecule has 1 atom stereocenters. The molecule has 0 bridgehead atoms. The topological polar surface area (TPSA) is 27.7 Å². The van der Waals surface area contributed by atoms with Gasteiger partial charge in [0.25, 0.3) is 0 Å². The van der Waals surface area contributed by atoms with Crippen LogP contribution < -0.4 is 5.32 Å². The Morgan fingerprint density at radius 1 is 1.35 bits per heavy atom. The van der Waals surface area contributed by atoms with Gasteiger partial charge in [0.05, 0.1) is 0 Å². The molecule has 1 unspecified atom stereocenters. The van der Waals surface area contributed by atoms with E-state index in [0.717, 1.165) is 32.2 Å². The summed E-state index contributed by atoms with van der Waals surface area (Å²) in [6.45, 7) is 6.70. The molecule has 1 heterocycles. The zero-order valence-corrected chi connectivity index (χ0v) is 11.7. The van der Waals surface area contributed by atoms with Crippen molar-refractivity contribution in [2.24, 2.45) is 0 Å². The van der Waals surface area contributed by atoms with Crippen molar-refractivity contribution in [3.63, 3.8) is 0 Å². The molecule has 4 heteroatoms.